The van der Waals surface area contributed by atoms with Crippen LogP contribution in [0, 0.1) is 0 Å². The number of nitrogen functional groups attached to an aromatic ring is 1. The minimum Gasteiger partial charge on any atom is -0.383 e. The van der Waals surface area contributed by atoms with E-state index in [2.05, 4.69) is 41.1 Å². The van der Waals surface area contributed by atoms with Gasteiger partial charge < -0.3 is 10.2 Å². The molecular formula is C11H17BrN3+. The van der Waals surface area contributed by atoms with Crippen molar-refractivity contribution in [3.63, 3.8) is 0 Å². The molecular weight excluding hydrogens is 254 g/mol. The second-order valence-corrected chi connectivity index (χ2v) is 5.70. The normalized spacial score (nSPS) is 24.3. The van der Waals surface area contributed by atoms with Gasteiger partial charge in [0, 0.05) is 23.5 Å². The fourth-order valence-electron chi connectivity index (χ4n) is 2.46. The fraction of sp³-hybridized carbons (Fsp3) is 0.545. The summed E-state index contributed by atoms with van der Waals surface area (Å²) < 4.78 is 2.03. The molecule has 1 aromatic rings. The lowest BCUT2D eigenvalue weighted by Crippen LogP contribution is -2.38. The summed E-state index contributed by atoms with van der Waals surface area (Å²) in [6.45, 7) is 1.22. The maximum Gasteiger partial charge on any atom is 0.132 e. The van der Waals surface area contributed by atoms with Gasteiger partial charge in [-0.25, -0.2) is 4.98 Å². The van der Waals surface area contributed by atoms with Gasteiger partial charge in [0.15, 0.2) is 0 Å². The largest absolute Gasteiger partial charge is 0.383 e. The molecule has 15 heavy (non-hydrogen) atoms. The van der Waals surface area contributed by atoms with E-state index in [0.29, 0.717) is 11.9 Å². The van der Waals surface area contributed by atoms with E-state index in [9.17, 15) is 0 Å². The Hall–Kier alpha value is -0.610. The van der Waals surface area contributed by atoms with Crippen molar-refractivity contribution in [3.05, 3.63) is 22.3 Å². The molecule has 0 spiro atoms. The zero-order chi connectivity index (χ0) is 11.1. The third kappa shape index (κ3) is 2.01. The summed E-state index contributed by atoms with van der Waals surface area (Å²) >= 11 is 3.46. The van der Waals surface area contributed by atoms with Crippen molar-refractivity contribution < 1.29 is 4.48 Å². The Balaban J connectivity index is 2.40. The summed E-state index contributed by atoms with van der Waals surface area (Å²) in [5.74, 6) is 0.677. The van der Waals surface area contributed by atoms with Gasteiger partial charge in [0.25, 0.3) is 0 Å². The number of anilines is 1. The molecule has 2 N–H and O–H groups in total. The van der Waals surface area contributed by atoms with Crippen LogP contribution in [0.5, 0.6) is 0 Å². The van der Waals surface area contributed by atoms with Crippen molar-refractivity contribution >= 4 is 21.7 Å². The Morgan fingerprint density at radius 3 is 2.87 bits per heavy atom. The Bertz CT molecular complexity index is 376. The molecule has 1 aromatic heterocycles. The second kappa shape index (κ2) is 3.76. The molecule has 2 rings (SSSR count). The minimum absolute atomic E-state index is 0.495. The lowest BCUT2D eigenvalue weighted by atomic mass is 10.0. The molecule has 0 saturated carbocycles. The van der Waals surface area contributed by atoms with Crippen molar-refractivity contribution in [1.82, 2.24) is 4.98 Å². The van der Waals surface area contributed by atoms with E-state index in [1.54, 1.807) is 6.20 Å². The summed E-state index contributed by atoms with van der Waals surface area (Å²) in [4.78, 5) is 4.21. The quantitative estimate of drug-likeness (QED) is 0.796. The fourth-order valence-corrected chi connectivity index (χ4v) is 2.81. The van der Waals surface area contributed by atoms with Crippen LogP contribution in [-0.4, -0.2) is 30.1 Å². The summed E-state index contributed by atoms with van der Waals surface area (Å²) in [6, 6.07) is 2.60. The number of quaternary nitrogens is 1. The molecule has 0 aliphatic carbocycles. The summed E-state index contributed by atoms with van der Waals surface area (Å²) in [5, 5.41) is 0. The second-order valence-electron chi connectivity index (χ2n) is 4.79. The molecule has 3 nitrogen and oxygen atoms in total. The van der Waals surface area contributed by atoms with Crippen LogP contribution in [0.2, 0.25) is 0 Å². The van der Waals surface area contributed by atoms with Crippen LogP contribution < -0.4 is 5.73 Å². The minimum atomic E-state index is 0.495. The number of aromatic nitrogens is 1. The highest BCUT2D eigenvalue weighted by Crippen LogP contribution is 2.38. The van der Waals surface area contributed by atoms with Crippen molar-refractivity contribution in [3.8, 4) is 0 Å². The first-order valence-corrected chi connectivity index (χ1v) is 6.03. The van der Waals surface area contributed by atoms with Gasteiger partial charge in [-0.05, 0) is 22.0 Å². The van der Waals surface area contributed by atoms with Crippen LogP contribution in [0.25, 0.3) is 0 Å². The highest BCUT2D eigenvalue weighted by Gasteiger charge is 2.36. The number of likely N-dealkylation sites (tertiary alicyclic amines) is 1. The van der Waals surface area contributed by atoms with Crippen LogP contribution in [0.1, 0.15) is 24.4 Å². The molecule has 0 radical (unpaired) electrons. The number of rotatable bonds is 1. The van der Waals surface area contributed by atoms with E-state index in [-0.39, 0.29) is 0 Å². The van der Waals surface area contributed by atoms with Crippen molar-refractivity contribution in [2.75, 3.05) is 26.4 Å². The van der Waals surface area contributed by atoms with E-state index in [1.165, 1.54) is 24.9 Å². The Morgan fingerprint density at radius 1 is 1.53 bits per heavy atom. The Labute approximate surface area is 99.0 Å². The number of pyridine rings is 1. The average molecular weight is 271 g/mol. The van der Waals surface area contributed by atoms with E-state index in [1.807, 2.05) is 0 Å². The van der Waals surface area contributed by atoms with Crippen LogP contribution in [-0.2, 0) is 0 Å². The molecule has 4 heteroatoms. The van der Waals surface area contributed by atoms with Gasteiger partial charge in [-0.15, -0.1) is 0 Å². The van der Waals surface area contributed by atoms with Crippen LogP contribution in [0.4, 0.5) is 5.82 Å². The average Bonchev–Trinajstić information content (AvgIpc) is 2.50. The van der Waals surface area contributed by atoms with Gasteiger partial charge in [-0.3, -0.25) is 0 Å². The topological polar surface area (TPSA) is 38.9 Å². The van der Waals surface area contributed by atoms with Crippen molar-refractivity contribution in [2.24, 2.45) is 0 Å². The third-order valence-corrected chi connectivity index (χ3v) is 3.76. The molecule has 1 aliphatic heterocycles. The number of hydrogen-bond acceptors (Lipinski definition) is 2. The predicted octanol–water partition coefficient (Wildman–Crippen LogP) is 2.34. The van der Waals surface area contributed by atoms with Gasteiger partial charge >= 0.3 is 0 Å². The standard InChI is InChI=1S/C11H17BrN3/c1-15(2)5-3-4-10(15)9-6-8(12)7-14-11(9)13/h6-7,10H,3-5H2,1-2H3,(H2,13,14)/q+1/t10-/m1/s1. The first-order chi connectivity index (χ1) is 7.00. The van der Waals surface area contributed by atoms with E-state index in [0.717, 1.165) is 8.96 Å². The lowest BCUT2D eigenvalue weighted by Gasteiger charge is -2.32. The van der Waals surface area contributed by atoms with Crippen molar-refractivity contribution in [1.29, 1.82) is 0 Å². The third-order valence-electron chi connectivity index (χ3n) is 3.33. The SMILES string of the molecule is C[N+]1(C)CCC[C@@H]1c1cc(Br)cnc1N. The monoisotopic (exact) mass is 270 g/mol. The molecule has 2 heterocycles. The van der Waals surface area contributed by atoms with Gasteiger partial charge in [0.05, 0.1) is 26.2 Å². The van der Waals surface area contributed by atoms with Crippen molar-refractivity contribution in [2.45, 2.75) is 18.9 Å². The van der Waals surface area contributed by atoms with Gasteiger partial charge in [0.2, 0.25) is 0 Å². The molecule has 0 bridgehead atoms. The van der Waals surface area contributed by atoms with E-state index in [4.69, 9.17) is 5.73 Å². The zero-order valence-electron chi connectivity index (χ0n) is 9.20. The maximum atomic E-state index is 5.95. The number of hydrogen-bond donors (Lipinski definition) is 1. The van der Waals surface area contributed by atoms with Gasteiger partial charge in [0.1, 0.15) is 11.9 Å². The number of nitrogens with two attached hydrogens (primary N) is 1. The van der Waals surface area contributed by atoms with Gasteiger partial charge in [-0.1, -0.05) is 0 Å². The molecule has 0 unspecified atom stereocenters. The van der Waals surface area contributed by atoms with E-state index >= 15 is 0 Å². The Kier molecular flexibility index (Phi) is 2.73. The highest BCUT2D eigenvalue weighted by atomic mass is 79.9. The smallest absolute Gasteiger partial charge is 0.132 e. The summed E-state index contributed by atoms with van der Waals surface area (Å²) in [7, 11) is 4.52. The molecule has 0 aromatic carbocycles. The molecule has 0 amide bonds. The predicted molar refractivity (Wildman–Crippen MR) is 65.3 cm³/mol. The Morgan fingerprint density at radius 2 is 2.27 bits per heavy atom. The first kappa shape index (κ1) is 10.9. The van der Waals surface area contributed by atoms with Gasteiger partial charge in [-0.2, -0.15) is 0 Å². The lowest BCUT2D eigenvalue weighted by molar-refractivity contribution is -0.907. The van der Waals surface area contributed by atoms with Crippen LogP contribution in [0.15, 0.2) is 16.7 Å². The molecule has 82 valence electrons. The van der Waals surface area contributed by atoms with E-state index < -0.39 is 0 Å². The number of halogens is 1. The first-order valence-electron chi connectivity index (χ1n) is 5.24. The maximum absolute atomic E-state index is 5.95. The highest BCUT2D eigenvalue weighted by molar-refractivity contribution is 9.10. The summed E-state index contributed by atoms with van der Waals surface area (Å²) in [5.41, 5.74) is 7.14. The van der Waals surface area contributed by atoms with Crippen LogP contribution in [0.3, 0.4) is 0 Å². The molecule has 1 atom stereocenters. The zero-order valence-corrected chi connectivity index (χ0v) is 10.8. The molecule has 1 saturated heterocycles. The van der Waals surface area contributed by atoms with Crippen LogP contribution >= 0.6 is 15.9 Å². The summed E-state index contributed by atoms with van der Waals surface area (Å²) in [6.07, 6.45) is 4.23. The number of nitrogens with zero attached hydrogens (tertiary/aromatic N) is 2. The molecule has 1 fully saturated rings. The molecule has 1 aliphatic rings.